The Morgan fingerprint density at radius 1 is 1.33 bits per heavy atom. The van der Waals surface area contributed by atoms with E-state index in [1.54, 1.807) is 12.1 Å². The Morgan fingerprint density at radius 3 is 2.62 bits per heavy atom. The highest BCUT2D eigenvalue weighted by Gasteiger charge is 2.30. The molecule has 1 aromatic carbocycles. The van der Waals surface area contributed by atoms with Gasteiger partial charge in [0.2, 0.25) is 5.91 Å². The van der Waals surface area contributed by atoms with E-state index in [-0.39, 0.29) is 17.7 Å². The average molecular weight is 302 g/mol. The maximum atomic E-state index is 12.0. The fourth-order valence-electron chi connectivity index (χ4n) is 2.22. The van der Waals surface area contributed by atoms with Gasteiger partial charge >= 0.3 is 6.36 Å². The summed E-state index contributed by atoms with van der Waals surface area (Å²) >= 11 is 0. The lowest BCUT2D eigenvalue weighted by molar-refractivity contribution is -0.274. The molecule has 1 aromatic rings. The van der Waals surface area contributed by atoms with Crippen molar-refractivity contribution in [2.24, 2.45) is 0 Å². The van der Waals surface area contributed by atoms with E-state index >= 15 is 0 Å². The zero-order chi connectivity index (χ0) is 15.3. The van der Waals surface area contributed by atoms with Crippen LogP contribution in [0.15, 0.2) is 24.3 Å². The molecule has 116 valence electrons. The average Bonchev–Trinajstić information content (AvgIpc) is 2.93. The predicted octanol–water partition coefficient (Wildman–Crippen LogP) is 2.00. The molecule has 1 fully saturated rings. The van der Waals surface area contributed by atoms with Gasteiger partial charge in [0.15, 0.2) is 0 Å². The number of hydrogen-bond donors (Lipinski definition) is 2. The number of carbonyl (C=O) groups excluding carboxylic acids is 1. The summed E-state index contributed by atoms with van der Waals surface area (Å²) in [5, 5.41) is 5.91. The highest BCUT2D eigenvalue weighted by molar-refractivity contribution is 5.81. The molecule has 21 heavy (non-hydrogen) atoms. The lowest BCUT2D eigenvalue weighted by atomic mass is 10.1. The Hall–Kier alpha value is -1.76. The first-order valence-corrected chi connectivity index (χ1v) is 6.80. The van der Waals surface area contributed by atoms with Crippen LogP contribution in [-0.4, -0.2) is 31.4 Å². The Morgan fingerprint density at radius 2 is 2.05 bits per heavy atom. The molecule has 2 N–H and O–H groups in total. The minimum absolute atomic E-state index is 0.0236. The molecule has 0 bridgehead atoms. The van der Waals surface area contributed by atoms with E-state index in [0.717, 1.165) is 24.9 Å². The fraction of sp³-hybridized carbons (Fsp3) is 0.500. The SMILES string of the molecule is O=C(NCCc1ccc(OC(F)(F)F)cc1)C1CCCN1. The molecule has 1 atom stereocenters. The summed E-state index contributed by atoms with van der Waals surface area (Å²) in [6, 6.07) is 5.53. The molecule has 1 heterocycles. The zero-order valence-electron chi connectivity index (χ0n) is 11.4. The van der Waals surface area contributed by atoms with Crippen molar-refractivity contribution in [3.05, 3.63) is 29.8 Å². The van der Waals surface area contributed by atoms with Crippen molar-refractivity contribution < 1.29 is 22.7 Å². The number of nitrogens with one attached hydrogen (secondary N) is 2. The van der Waals surface area contributed by atoms with Crippen molar-refractivity contribution in [1.29, 1.82) is 0 Å². The second-order valence-electron chi connectivity index (χ2n) is 4.88. The predicted molar refractivity (Wildman–Crippen MR) is 70.9 cm³/mol. The Labute approximate surface area is 120 Å². The minimum atomic E-state index is -4.68. The normalized spacial score (nSPS) is 18.5. The van der Waals surface area contributed by atoms with Crippen LogP contribution >= 0.6 is 0 Å². The largest absolute Gasteiger partial charge is 0.573 e. The summed E-state index contributed by atoms with van der Waals surface area (Å²) in [7, 11) is 0. The quantitative estimate of drug-likeness (QED) is 0.874. The van der Waals surface area contributed by atoms with Gasteiger partial charge in [-0.2, -0.15) is 0 Å². The van der Waals surface area contributed by atoms with Crippen molar-refractivity contribution in [2.45, 2.75) is 31.7 Å². The van der Waals surface area contributed by atoms with Crippen molar-refractivity contribution in [3.8, 4) is 5.75 Å². The standard InChI is InChI=1S/C14H17F3N2O2/c15-14(16,17)21-11-5-3-10(4-6-11)7-9-19-13(20)12-2-1-8-18-12/h3-6,12,18H,1-2,7-9H2,(H,19,20). The number of halogens is 3. The molecule has 1 amide bonds. The van der Waals surface area contributed by atoms with Crippen LogP contribution in [0.2, 0.25) is 0 Å². The molecule has 2 rings (SSSR count). The summed E-state index contributed by atoms with van der Waals surface area (Å²) in [6.45, 7) is 1.31. The van der Waals surface area contributed by atoms with E-state index in [0.29, 0.717) is 13.0 Å². The summed E-state index contributed by atoms with van der Waals surface area (Å²) in [4.78, 5) is 11.7. The van der Waals surface area contributed by atoms with Gasteiger partial charge in [0.1, 0.15) is 5.75 Å². The molecule has 1 saturated heterocycles. The second kappa shape index (κ2) is 6.80. The third-order valence-corrected chi connectivity index (χ3v) is 3.25. The lowest BCUT2D eigenvalue weighted by Crippen LogP contribution is -2.41. The molecule has 0 saturated carbocycles. The molecule has 0 spiro atoms. The maximum absolute atomic E-state index is 12.0. The number of amides is 1. The van der Waals surface area contributed by atoms with E-state index in [4.69, 9.17) is 0 Å². The monoisotopic (exact) mass is 302 g/mol. The van der Waals surface area contributed by atoms with Gasteiger partial charge in [0.25, 0.3) is 0 Å². The topological polar surface area (TPSA) is 50.4 Å². The third-order valence-electron chi connectivity index (χ3n) is 3.25. The highest BCUT2D eigenvalue weighted by Crippen LogP contribution is 2.22. The fourth-order valence-corrected chi connectivity index (χ4v) is 2.22. The van der Waals surface area contributed by atoms with Crippen molar-refractivity contribution in [1.82, 2.24) is 10.6 Å². The molecule has 0 aromatic heterocycles. The minimum Gasteiger partial charge on any atom is -0.406 e. The van der Waals surface area contributed by atoms with Gasteiger partial charge < -0.3 is 15.4 Å². The van der Waals surface area contributed by atoms with Gasteiger partial charge in [0, 0.05) is 6.54 Å². The molecule has 1 aliphatic rings. The van der Waals surface area contributed by atoms with Crippen LogP contribution in [-0.2, 0) is 11.2 Å². The Balaban J connectivity index is 1.74. The number of carbonyl (C=O) groups is 1. The molecule has 0 radical (unpaired) electrons. The van der Waals surface area contributed by atoms with Crippen LogP contribution in [0.5, 0.6) is 5.75 Å². The first-order valence-electron chi connectivity index (χ1n) is 6.80. The van der Waals surface area contributed by atoms with E-state index in [2.05, 4.69) is 15.4 Å². The number of benzene rings is 1. The van der Waals surface area contributed by atoms with Gasteiger partial charge in [-0.15, -0.1) is 13.2 Å². The van der Waals surface area contributed by atoms with Gasteiger partial charge in [0.05, 0.1) is 6.04 Å². The van der Waals surface area contributed by atoms with Crippen LogP contribution in [0, 0.1) is 0 Å². The maximum Gasteiger partial charge on any atom is 0.573 e. The van der Waals surface area contributed by atoms with Crippen LogP contribution in [0.1, 0.15) is 18.4 Å². The van der Waals surface area contributed by atoms with Crippen LogP contribution in [0.25, 0.3) is 0 Å². The van der Waals surface area contributed by atoms with E-state index < -0.39 is 6.36 Å². The molecule has 7 heteroatoms. The van der Waals surface area contributed by atoms with Gasteiger partial charge in [-0.05, 0) is 43.5 Å². The lowest BCUT2D eigenvalue weighted by Gasteiger charge is -2.11. The first-order chi connectivity index (χ1) is 9.94. The van der Waals surface area contributed by atoms with Crippen LogP contribution in [0.3, 0.4) is 0 Å². The van der Waals surface area contributed by atoms with Gasteiger partial charge in [-0.25, -0.2) is 0 Å². The van der Waals surface area contributed by atoms with E-state index in [9.17, 15) is 18.0 Å². The number of ether oxygens (including phenoxy) is 1. The van der Waals surface area contributed by atoms with E-state index in [1.165, 1.54) is 12.1 Å². The van der Waals surface area contributed by atoms with Crippen molar-refractivity contribution in [2.75, 3.05) is 13.1 Å². The van der Waals surface area contributed by atoms with Gasteiger partial charge in [-0.3, -0.25) is 4.79 Å². The third kappa shape index (κ3) is 5.26. The summed E-state index contributed by atoms with van der Waals surface area (Å²) in [5.74, 6) is -0.269. The van der Waals surface area contributed by atoms with Crippen molar-refractivity contribution in [3.63, 3.8) is 0 Å². The molecular formula is C14H17F3N2O2. The van der Waals surface area contributed by atoms with Crippen LogP contribution in [0.4, 0.5) is 13.2 Å². The van der Waals surface area contributed by atoms with Crippen LogP contribution < -0.4 is 15.4 Å². The molecule has 1 aliphatic heterocycles. The summed E-state index contributed by atoms with van der Waals surface area (Å²) < 4.78 is 39.8. The molecule has 0 aliphatic carbocycles. The zero-order valence-corrected chi connectivity index (χ0v) is 11.4. The number of rotatable bonds is 5. The van der Waals surface area contributed by atoms with E-state index in [1.807, 2.05) is 0 Å². The highest BCUT2D eigenvalue weighted by atomic mass is 19.4. The summed E-state index contributed by atoms with van der Waals surface area (Å²) in [5.41, 5.74) is 0.837. The Bertz CT molecular complexity index is 468. The molecular weight excluding hydrogens is 285 g/mol. The second-order valence-corrected chi connectivity index (χ2v) is 4.88. The van der Waals surface area contributed by atoms with Crippen molar-refractivity contribution >= 4 is 5.91 Å². The summed E-state index contributed by atoms with van der Waals surface area (Å²) in [6.07, 6.45) is -2.28. The molecule has 1 unspecified atom stereocenters. The number of alkyl halides is 3. The Kier molecular flexibility index (Phi) is 5.06. The first kappa shape index (κ1) is 15.6. The number of hydrogen-bond acceptors (Lipinski definition) is 3. The molecule has 4 nitrogen and oxygen atoms in total. The smallest absolute Gasteiger partial charge is 0.406 e. The van der Waals surface area contributed by atoms with Gasteiger partial charge in [-0.1, -0.05) is 12.1 Å².